The summed E-state index contributed by atoms with van der Waals surface area (Å²) in [6.45, 7) is 10.7. The predicted molar refractivity (Wildman–Crippen MR) is 86.9 cm³/mol. The van der Waals surface area contributed by atoms with E-state index < -0.39 is 11.1 Å². The molecule has 0 aromatic heterocycles. The number of nitro benzene ring substituents is 1. The lowest BCUT2D eigenvalue weighted by atomic mass is 10.0. The molecule has 7 nitrogen and oxygen atoms in total. The molecule has 1 aromatic carbocycles. The Labute approximate surface area is 136 Å². The number of carboxylic acid groups (broad SMARTS) is 1. The average Bonchev–Trinajstić information content (AvgIpc) is 2.84. The van der Waals surface area contributed by atoms with Gasteiger partial charge in [-0.25, -0.2) is 4.79 Å². The third-order valence-corrected chi connectivity index (χ3v) is 2.99. The van der Waals surface area contributed by atoms with Gasteiger partial charge in [-0.15, -0.1) is 0 Å². The molecule has 2 unspecified atom stereocenters. The normalized spacial score (nSPS) is 18.8. The minimum absolute atomic E-state index is 0.0538. The number of nitro groups is 1. The molecule has 1 aliphatic rings. The summed E-state index contributed by atoms with van der Waals surface area (Å²) in [4.78, 5) is 19.6. The Hall–Kier alpha value is -2.15. The summed E-state index contributed by atoms with van der Waals surface area (Å²) in [5, 5.41) is 18.4. The highest BCUT2D eigenvalue weighted by Gasteiger charge is 2.18. The van der Waals surface area contributed by atoms with Gasteiger partial charge in [-0.1, -0.05) is 34.1 Å². The van der Waals surface area contributed by atoms with Crippen LogP contribution in [-0.2, 0) is 4.74 Å². The van der Waals surface area contributed by atoms with Crippen LogP contribution in [0.4, 0.5) is 10.5 Å². The third-order valence-electron chi connectivity index (χ3n) is 2.99. The summed E-state index contributed by atoms with van der Waals surface area (Å²) >= 11 is 0. The molecule has 0 saturated carbocycles. The smallest absolute Gasteiger partial charge is 0.449 e. The molecule has 1 aromatic rings. The zero-order chi connectivity index (χ0) is 17.8. The van der Waals surface area contributed by atoms with Gasteiger partial charge in [-0.2, -0.15) is 0 Å². The molecule has 2 atom stereocenters. The lowest BCUT2D eigenvalue weighted by Gasteiger charge is -2.01. The molecule has 0 radical (unpaired) electrons. The van der Waals surface area contributed by atoms with Crippen LogP contribution in [0.25, 0.3) is 0 Å². The fourth-order valence-corrected chi connectivity index (χ4v) is 1.51. The highest BCUT2D eigenvalue weighted by atomic mass is 16.7. The van der Waals surface area contributed by atoms with Gasteiger partial charge in [0.2, 0.25) is 0 Å². The Bertz CT molecular complexity index is 466. The predicted octanol–water partition coefficient (Wildman–Crippen LogP) is 4.36. The number of hydrogen-bond donors (Lipinski definition) is 1. The van der Waals surface area contributed by atoms with Gasteiger partial charge in [0.15, 0.2) is 0 Å². The van der Waals surface area contributed by atoms with Crippen molar-refractivity contribution in [2.75, 3.05) is 13.2 Å². The summed E-state index contributed by atoms with van der Waals surface area (Å²) in [7, 11) is 0. The van der Waals surface area contributed by atoms with E-state index in [4.69, 9.17) is 9.84 Å². The average molecular weight is 327 g/mol. The minimum atomic E-state index is -1.45. The molecule has 1 aliphatic heterocycles. The first kappa shape index (κ1) is 20.9. The largest absolute Gasteiger partial charge is 0.511 e. The third kappa shape index (κ3) is 9.46. The van der Waals surface area contributed by atoms with E-state index in [2.05, 4.69) is 32.4 Å². The van der Waals surface area contributed by atoms with Crippen molar-refractivity contribution in [3.8, 4) is 5.75 Å². The van der Waals surface area contributed by atoms with E-state index in [1.165, 1.54) is 18.6 Å². The van der Waals surface area contributed by atoms with Crippen molar-refractivity contribution in [1.82, 2.24) is 0 Å². The van der Waals surface area contributed by atoms with E-state index in [0.717, 1.165) is 37.2 Å². The second-order valence-electron chi connectivity index (χ2n) is 5.32. The van der Waals surface area contributed by atoms with Gasteiger partial charge in [-0.3, -0.25) is 10.1 Å². The molecule has 7 heteroatoms. The SMILES string of the molecule is CC1COCC1C.CCC.O=C(O)Oc1ccc([N+](=O)[O-])cc1. The van der Waals surface area contributed by atoms with E-state index in [1.54, 1.807) is 0 Å². The molecule has 2 rings (SSSR count). The summed E-state index contributed by atoms with van der Waals surface area (Å²) in [5.41, 5.74) is -0.113. The summed E-state index contributed by atoms with van der Waals surface area (Å²) in [6, 6.07) is 4.76. The van der Waals surface area contributed by atoms with Crippen LogP contribution >= 0.6 is 0 Å². The number of benzene rings is 1. The van der Waals surface area contributed by atoms with Crippen molar-refractivity contribution in [3.63, 3.8) is 0 Å². The molecule has 130 valence electrons. The number of nitrogens with zero attached hydrogens (tertiary/aromatic N) is 1. The topological polar surface area (TPSA) is 98.9 Å². The molecule has 0 bridgehead atoms. The van der Waals surface area contributed by atoms with Gasteiger partial charge in [0.05, 0.1) is 4.92 Å². The summed E-state index contributed by atoms with van der Waals surface area (Å²) < 4.78 is 9.41. The van der Waals surface area contributed by atoms with E-state index in [9.17, 15) is 14.9 Å². The van der Waals surface area contributed by atoms with Crippen molar-refractivity contribution < 1.29 is 24.3 Å². The van der Waals surface area contributed by atoms with E-state index in [-0.39, 0.29) is 11.4 Å². The van der Waals surface area contributed by atoms with Crippen molar-refractivity contribution in [1.29, 1.82) is 0 Å². The molecule has 1 heterocycles. The van der Waals surface area contributed by atoms with Crippen molar-refractivity contribution in [2.24, 2.45) is 11.8 Å². The van der Waals surface area contributed by atoms with E-state index >= 15 is 0 Å². The van der Waals surface area contributed by atoms with Gasteiger partial charge in [-0.05, 0) is 24.0 Å². The van der Waals surface area contributed by atoms with Gasteiger partial charge in [0, 0.05) is 25.3 Å². The van der Waals surface area contributed by atoms with Gasteiger partial charge < -0.3 is 14.6 Å². The maximum atomic E-state index is 10.2. The zero-order valence-corrected chi connectivity index (χ0v) is 14.0. The first-order chi connectivity index (χ1) is 10.8. The van der Waals surface area contributed by atoms with Crippen LogP contribution < -0.4 is 4.74 Å². The van der Waals surface area contributed by atoms with Crippen molar-refractivity contribution >= 4 is 11.8 Å². The van der Waals surface area contributed by atoms with E-state index in [1.807, 2.05) is 0 Å². The van der Waals surface area contributed by atoms with Crippen LogP contribution in [-0.4, -0.2) is 29.4 Å². The van der Waals surface area contributed by atoms with Crippen LogP contribution in [0.2, 0.25) is 0 Å². The number of rotatable bonds is 2. The highest BCUT2D eigenvalue weighted by Crippen LogP contribution is 2.18. The molecule has 1 fully saturated rings. The van der Waals surface area contributed by atoms with Gasteiger partial charge in [0.25, 0.3) is 5.69 Å². The monoisotopic (exact) mass is 327 g/mol. The molecule has 0 amide bonds. The number of non-ortho nitro benzene ring substituents is 1. The Morgan fingerprint density at radius 2 is 1.70 bits per heavy atom. The molecule has 0 aliphatic carbocycles. The lowest BCUT2D eigenvalue weighted by Crippen LogP contribution is -2.02. The zero-order valence-electron chi connectivity index (χ0n) is 14.0. The first-order valence-corrected chi connectivity index (χ1v) is 7.54. The van der Waals surface area contributed by atoms with Gasteiger partial charge >= 0.3 is 6.16 Å². The molecular formula is C16H25NO6. The van der Waals surface area contributed by atoms with Crippen LogP contribution in [0.1, 0.15) is 34.1 Å². The number of hydrogen-bond acceptors (Lipinski definition) is 5. The number of carbonyl (C=O) groups is 1. The van der Waals surface area contributed by atoms with Crippen LogP contribution in [0, 0.1) is 22.0 Å². The Kier molecular flexibility index (Phi) is 10.4. The molecule has 1 saturated heterocycles. The van der Waals surface area contributed by atoms with Crippen LogP contribution in [0.3, 0.4) is 0 Å². The van der Waals surface area contributed by atoms with Crippen molar-refractivity contribution in [3.05, 3.63) is 34.4 Å². The molecular weight excluding hydrogens is 302 g/mol. The first-order valence-electron chi connectivity index (χ1n) is 7.54. The lowest BCUT2D eigenvalue weighted by molar-refractivity contribution is -0.384. The van der Waals surface area contributed by atoms with Crippen molar-refractivity contribution in [2.45, 2.75) is 34.1 Å². The quantitative estimate of drug-likeness (QED) is 0.375. The Morgan fingerprint density at radius 1 is 1.26 bits per heavy atom. The highest BCUT2D eigenvalue weighted by molar-refractivity contribution is 5.61. The second kappa shape index (κ2) is 11.4. The standard InChI is InChI=1S/C7H5NO5.C6H12O.C3H8/c9-7(10)13-6-3-1-5(2-4-6)8(11)12;1-5-3-7-4-6(5)2;1-3-2/h1-4H,(H,9,10);5-6H,3-4H2,1-2H3;3H2,1-2H3. The second-order valence-corrected chi connectivity index (χ2v) is 5.32. The van der Waals surface area contributed by atoms with Crippen LogP contribution in [0.5, 0.6) is 5.75 Å². The summed E-state index contributed by atoms with van der Waals surface area (Å²) in [6.07, 6.45) is -0.200. The maximum absolute atomic E-state index is 10.2. The minimum Gasteiger partial charge on any atom is -0.449 e. The fourth-order valence-electron chi connectivity index (χ4n) is 1.51. The summed E-state index contributed by atoms with van der Waals surface area (Å²) in [5.74, 6) is 1.64. The molecule has 0 spiro atoms. The van der Waals surface area contributed by atoms with Crippen LogP contribution in [0.15, 0.2) is 24.3 Å². The number of ether oxygens (including phenoxy) is 2. The van der Waals surface area contributed by atoms with Gasteiger partial charge in [0.1, 0.15) is 5.75 Å². The fraction of sp³-hybridized carbons (Fsp3) is 0.562. The molecule has 23 heavy (non-hydrogen) atoms. The Morgan fingerprint density at radius 3 is 1.96 bits per heavy atom. The van der Waals surface area contributed by atoms with E-state index in [0.29, 0.717) is 0 Å². The molecule has 1 N–H and O–H groups in total. The Balaban J connectivity index is 0.000000404. The maximum Gasteiger partial charge on any atom is 0.511 e.